The first kappa shape index (κ1) is 21.4. The number of benzene rings is 3. The number of hydrogen-bond acceptors (Lipinski definition) is 6. The van der Waals surface area contributed by atoms with E-state index in [1.54, 1.807) is 37.4 Å². The lowest BCUT2D eigenvalue weighted by Gasteiger charge is -2.14. The Kier molecular flexibility index (Phi) is 5.33. The summed E-state index contributed by atoms with van der Waals surface area (Å²) in [5.41, 5.74) is 0.421. The van der Waals surface area contributed by atoms with Crippen molar-refractivity contribution in [2.75, 3.05) is 14.2 Å². The molecule has 0 aliphatic rings. The van der Waals surface area contributed by atoms with Crippen LogP contribution < -0.4 is 20.5 Å². The molecule has 8 heteroatoms. The summed E-state index contributed by atoms with van der Waals surface area (Å²) in [5.74, 6) is 1.01. The minimum atomic E-state index is -0.549. The molecule has 2 aromatic heterocycles. The molecule has 5 rings (SSSR count). The third-order valence-electron chi connectivity index (χ3n) is 5.61. The molecule has 0 N–H and O–H groups in total. The molecule has 7 nitrogen and oxygen atoms in total. The van der Waals surface area contributed by atoms with Crippen molar-refractivity contribution in [3.05, 3.63) is 98.7 Å². The Hall–Kier alpha value is -4.46. The normalized spacial score (nSPS) is 11.1. The Labute approximate surface area is 192 Å². The van der Waals surface area contributed by atoms with Crippen molar-refractivity contribution in [2.24, 2.45) is 0 Å². The molecule has 0 amide bonds. The zero-order valence-electron chi connectivity index (χ0n) is 18.4. The van der Waals surface area contributed by atoms with Gasteiger partial charge in [-0.2, -0.15) is 4.98 Å². The molecule has 0 spiro atoms. The van der Waals surface area contributed by atoms with Gasteiger partial charge in [-0.15, -0.1) is 0 Å². The number of halogens is 1. The van der Waals surface area contributed by atoms with E-state index >= 15 is 0 Å². The maximum absolute atomic E-state index is 13.6. The molecule has 3 aromatic carbocycles. The topological polar surface area (TPSA) is 83.6 Å². The van der Waals surface area contributed by atoms with Gasteiger partial charge >= 0.3 is 0 Å². The van der Waals surface area contributed by atoms with Gasteiger partial charge in [0.2, 0.25) is 11.1 Å². The van der Waals surface area contributed by atoms with Crippen molar-refractivity contribution in [1.82, 2.24) is 9.55 Å². The quantitative estimate of drug-likeness (QED) is 0.364. The predicted molar refractivity (Wildman–Crippen MR) is 126 cm³/mol. The fraction of sp³-hybridized carbons (Fsp3) is 0.115. The molecule has 0 radical (unpaired) electrons. The summed E-state index contributed by atoms with van der Waals surface area (Å²) in [6.07, 6.45) is 0. The monoisotopic (exact) mass is 458 g/mol. The van der Waals surface area contributed by atoms with Crippen LogP contribution in [0.25, 0.3) is 33.5 Å². The second kappa shape index (κ2) is 8.47. The zero-order valence-corrected chi connectivity index (χ0v) is 18.4. The average Bonchev–Trinajstić information content (AvgIpc) is 2.86. The van der Waals surface area contributed by atoms with Crippen LogP contribution in [0.2, 0.25) is 0 Å². The second-order valence-corrected chi connectivity index (χ2v) is 7.66. The van der Waals surface area contributed by atoms with Gasteiger partial charge in [0.1, 0.15) is 28.7 Å². The van der Waals surface area contributed by atoms with Crippen molar-refractivity contribution < 1.29 is 18.3 Å². The summed E-state index contributed by atoms with van der Waals surface area (Å²) < 4.78 is 31.3. The lowest BCUT2D eigenvalue weighted by molar-refractivity contribution is 0.414. The standard InChI is InChI=1S/C26H19FN2O5/c1-32-18-9-3-15(4-10-18)14-29-24(16-5-7-17(27)8-6-16)28-25-22(26(29)31)23(30)20-12-11-19(33-2)13-21(20)34-25/h3-13H,14H2,1-2H3. The van der Waals surface area contributed by atoms with Crippen LogP contribution in [0.4, 0.5) is 4.39 Å². The number of hydrogen-bond donors (Lipinski definition) is 0. The van der Waals surface area contributed by atoms with E-state index in [2.05, 4.69) is 4.98 Å². The molecule has 0 atom stereocenters. The lowest BCUT2D eigenvalue weighted by atomic mass is 10.1. The number of ether oxygens (including phenoxy) is 2. The number of fused-ring (bicyclic) bond motifs is 2. The largest absolute Gasteiger partial charge is 0.497 e. The van der Waals surface area contributed by atoms with E-state index in [1.807, 2.05) is 12.1 Å². The predicted octanol–water partition coefficient (Wildman–Crippen LogP) is 4.37. The smallest absolute Gasteiger partial charge is 0.269 e. The highest BCUT2D eigenvalue weighted by molar-refractivity contribution is 5.89. The molecule has 170 valence electrons. The summed E-state index contributed by atoms with van der Waals surface area (Å²) in [6.45, 7) is 0.137. The maximum atomic E-state index is 13.6. The summed E-state index contributed by atoms with van der Waals surface area (Å²) >= 11 is 0. The van der Waals surface area contributed by atoms with Gasteiger partial charge in [-0.3, -0.25) is 14.2 Å². The zero-order chi connectivity index (χ0) is 23.8. The van der Waals surface area contributed by atoms with E-state index in [0.717, 1.165) is 5.56 Å². The van der Waals surface area contributed by atoms with Crippen LogP contribution >= 0.6 is 0 Å². The lowest BCUT2D eigenvalue weighted by Crippen LogP contribution is -2.28. The van der Waals surface area contributed by atoms with Crippen LogP contribution in [-0.2, 0) is 6.54 Å². The van der Waals surface area contributed by atoms with Crippen LogP contribution in [0.1, 0.15) is 5.56 Å². The number of rotatable bonds is 5. The third kappa shape index (κ3) is 3.69. The number of aromatic nitrogens is 2. The van der Waals surface area contributed by atoms with Gasteiger partial charge in [0.05, 0.1) is 26.2 Å². The molecule has 0 fully saturated rings. The minimum Gasteiger partial charge on any atom is -0.497 e. The Morgan fingerprint density at radius 1 is 0.912 bits per heavy atom. The molecule has 5 aromatic rings. The van der Waals surface area contributed by atoms with Gasteiger partial charge in [0.15, 0.2) is 5.39 Å². The third-order valence-corrected chi connectivity index (χ3v) is 5.61. The first-order valence-corrected chi connectivity index (χ1v) is 10.4. The summed E-state index contributed by atoms with van der Waals surface area (Å²) in [7, 11) is 3.07. The Balaban J connectivity index is 1.80. The van der Waals surface area contributed by atoms with Crippen molar-refractivity contribution in [3.8, 4) is 22.9 Å². The van der Waals surface area contributed by atoms with E-state index < -0.39 is 16.8 Å². The molecule has 0 bridgehead atoms. The molecule has 0 saturated carbocycles. The Morgan fingerprint density at radius 3 is 2.26 bits per heavy atom. The van der Waals surface area contributed by atoms with Gasteiger partial charge in [0.25, 0.3) is 5.56 Å². The minimum absolute atomic E-state index is 0.0962. The molecule has 0 aliphatic heterocycles. The number of nitrogens with zero attached hydrogens (tertiary/aromatic N) is 2. The molecular weight excluding hydrogens is 439 g/mol. The van der Waals surface area contributed by atoms with Gasteiger partial charge in [-0.1, -0.05) is 12.1 Å². The van der Waals surface area contributed by atoms with Crippen molar-refractivity contribution in [3.63, 3.8) is 0 Å². The molecule has 0 saturated heterocycles. The summed E-state index contributed by atoms with van der Waals surface area (Å²) in [5, 5.41) is 0.0924. The van der Waals surface area contributed by atoms with Crippen LogP contribution in [0, 0.1) is 5.82 Å². The van der Waals surface area contributed by atoms with Crippen LogP contribution in [0.5, 0.6) is 11.5 Å². The first-order chi connectivity index (χ1) is 16.5. The molecule has 34 heavy (non-hydrogen) atoms. The van der Waals surface area contributed by atoms with Crippen LogP contribution in [0.3, 0.4) is 0 Å². The van der Waals surface area contributed by atoms with Crippen LogP contribution in [0.15, 0.2) is 80.7 Å². The van der Waals surface area contributed by atoms with E-state index in [0.29, 0.717) is 17.1 Å². The summed E-state index contributed by atoms with van der Waals surface area (Å²) in [6, 6.07) is 17.6. The van der Waals surface area contributed by atoms with Crippen molar-refractivity contribution in [1.29, 1.82) is 0 Å². The number of methoxy groups -OCH3 is 2. The molecule has 2 heterocycles. The highest BCUT2D eigenvalue weighted by Gasteiger charge is 2.19. The van der Waals surface area contributed by atoms with Crippen molar-refractivity contribution >= 4 is 22.1 Å². The van der Waals surface area contributed by atoms with Gasteiger partial charge in [0, 0.05) is 11.6 Å². The van der Waals surface area contributed by atoms with E-state index in [9.17, 15) is 14.0 Å². The maximum Gasteiger partial charge on any atom is 0.269 e. The van der Waals surface area contributed by atoms with Gasteiger partial charge < -0.3 is 13.9 Å². The van der Waals surface area contributed by atoms with Crippen LogP contribution in [-0.4, -0.2) is 23.8 Å². The van der Waals surface area contributed by atoms with Gasteiger partial charge in [-0.05, 0) is 54.1 Å². The Morgan fingerprint density at radius 2 is 1.59 bits per heavy atom. The van der Waals surface area contributed by atoms with Crippen molar-refractivity contribution in [2.45, 2.75) is 6.54 Å². The average molecular weight is 458 g/mol. The van der Waals surface area contributed by atoms with E-state index in [-0.39, 0.29) is 34.4 Å². The first-order valence-electron chi connectivity index (χ1n) is 10.4. The fourth-order valence-electron chi connectivity index (χ4n) is 3.82. The van der Waals surface area contributed by atoms with Gasteiger partial charge in [-0.25, -0.2) is 4.39 Å². The van der Waals surface area contributed by atoms with E-state index in [4.69, 9.17) is 13.9 Å². The highest BCUT2D eigenvalue weighted by Crippen LogP contribution is 2.24. The van der Waals surface area contributed by atoms with E-state index in [1.165, 1.54) is 35.9 Å². The summed E-state index contributed by atoms with van der Waals surface area (Å²) in [4.78, 5) is 31.5. The second-order valence-electron chi connectivity index (χ2n) is 7.66. The Bertz CT molecular complexity index is 1640. The molecular formula is C26H19FN2O5. The SMILES string of the molecule is COc1ccc(Cn2c(-c3ccc(F)cc3)nc3oc4cc(OC)ccc4c(=O)c3c2=O)cc1. The fourth-order valence-corrected chi connectivity index (χ4v) is 3.82. The molecule has 0 unspecified atom stereocenters. The highest BCUT2D eigenvalue weighted by atomic mass is 19.1. The molecule has 0 aliphatic carbocycles.